The van der Waals surface area contributed by atoms with Crippen LogP contribution in [0.15, 0.2) is 0 Å². The highest BCUT2D eigenvalue weighted by molar-refractivity contribution is 5.95. The van der Waals surface area contributed by atoms with Gasteiger partial charge in [-0.05, 0) is 25.2 Å². The summed E-state index contributed by atoms with van der Waals surface area (Å²) >= 11 is 0. The Kier molecular flexibility index (Phi) is 3.67. The molecule has 1 rings (SSSR count). The standard InChI is InChI=1S/C11H19NO2/c1-8-4-6-9(2)11(14)12(3)10(13)7-5-8/h8-9H,4-7H2,1-3H3. The molecule has 14 heavy (non-hydrogen) atoms. The molecule has 3 heteroatoms. The summed E-state index contributed by atoms with van der Waals surface area (Å²) in [6, 6.07) is 0. The molecule has 0 aromatic heterocycles. The van der Waals surface area contributed by atoms with E-state index in [0.717, 1.165) is 19.3 Å². The zero-order valence-electron chi connectivity index (χ0n) is 9.25. The van der Waals surface area contributed by atoms with Crippen LogP contribution in [0.2, 0.25) is 0 Å². The normalized spacial score (nSPS) is 30.9. The predicted molar refractivity (Wildman–Crippen MR) is 54.6 cm³/mol. The average molecular weight is 197 g/mol. The molecule has 0 spiro atoms. The lowest BCUT2D eigenvalue weighted by Gasteiger charge is -2.17. The molecule has 3 nitrogen and oxygen atoms in total. The third-order valence-corrected chi connectivity index (χ3v) is 3.07. The van der Waals surface area contributed by atoms with Crippen LogP contribution in [-0.2, 0) is 9.59 Å². The molecule has 2 amide bonds. The minimum Gasteiger partial charge on any atom is -0.286 e. The first-order valence-electron chi connectivity index (χ1n) is 5.32. The van der Waals surface area contributed by atoms with Crippen molar-refractivity contribution < 1.29 is 9.59 Å². The van der Waals surface area contributed by atoms with Crippen molar-refractivity contribution in [2.75, 3.05) is 7.05 Å². The van der Waals surface area contributed by atoms with Gasteiger partial charge >= 0.3 is 0 Å². The fraction of sp³-hybridized carbons (Fsp3) is 0.818. The molecule has 0 N–H and O–H groups in total. The number of amides is 2. The van der Waals surface area contributed by atoms with Crippen LogP contribution >= 0.6 is 0 Å². The highest BCUT2D eigenvalue weighted by Crippen LogP contribution is 2.21. The zero-order valence-corrected chi connectivity index (χ0v) is 9.25. The van der Waals surface area contributed by atoms with E-state index in [4.69, 9.17) is 0 Å². The summed E-state index contributed by atoms with van der Waals surface area (Å²) in [5.74, 6) is 0.491. The first-order valence-corrected chi connectivity index (χ1v) is 5.32. The van der Waals surface area contributed by atoms with E-state index in [2.05, 4.69) is 6.92 Å². The molecule has 1 saturated heterocycles. The molecule has 2 atom stereocenters. The zero-order chi connectivity index (χ0) is 10.7. The lowest BCUT2D eigenvalue weighted by molar-refractivity contribution is -0.145. The van der Waals surface area contributed by atoms with Crippen molar-refractivity contribution in [1.82, 2.24) is 4.90 Å². The molecule has 80 valence electrons. The molecule has 0 radical (unpaired) electrons. The van der Waals surface area contributed by atoms with E-state index in [1.165, 1.54) is 4.90 Å². The van der Waals surface area contributed by atoms with Crippen LogP contribution in [0.4, 0.5) is 0 Å². The van der Waals surface area contributed by atoms with Crippen LogP contribution in [0.1, 0.15) is 39.5 Å². The molecule has 0 aliphatic carbocycles. The lowest BCUT2D eigenvalue weighted by Crippen LogP contribution is -2.36. The molecular weight excluding hydrogens is 178 g/mol. The monoisotopic (exact) mass is 197 g/mol. The molecule has 0 saturated carbocycles. The van der Waals surface area contributed by atoms with E-state index in [0.29, 0.717) is 12.3 Å². The van der Waals surface area contributed by atoms with E-state index in [9.17, 15) is 9.59 Å². The van der Waals surface area contributed by atoms with Crippen LogP contribution in [0.25, 0.3) is 0 Å². The van der Waals surface area contributed by atoms with E-state index in [1.807, 2.05) is 6.92 Å². The van der Waals surface area contributed by atoms with Gasteiger partial charge in [0.05, 0.1) is 0 Å². The Balaban J connectivity index is 2.73. The number of hydrogen-bond acceptors (Lipinski definition) is 2. The summed E-state index contributed by atoms with van der Waals surface area (Å²) in [7, 11) is 1.59. The van der Waals surface area contributed by atoms with E-state index < -0.39 is 0 Å². The van der Waals surface area contributed by atoms with Crippen LogP contribution in [-0.4, -0.2) is 23.8 Å². The SMILES string of the molecule is CC1CCC(=O)N(C)C(=O)C(C)CC1. The fourth-order valence-electron chi connectivity index (χ4n) is 1.79. The van der Waals surface area contributed by atoms with Crippen molar-refractivity contribution in [3.63, 3.8) is 0 Å². The van der Waals surface area contributed by atoms with Gasteiger partial charge in [0.1, 0.15) is 0 Å². The van der Waals surface area contributed by atoms with Crippen molar-refractivity contribution in [3.05, 3.63) is 0 Å². The number of carbonyl (C=O) groups excluding carboxylic acids is 2. The number of imide groups is 1. The molecule has 1 aliphatic rings. The number of rotatable bonds is 0. The summed E-state index contributed by atoms with van der Waals surface area (Å²) < 4.78 is 0. The van der Waals surface area contributed by atoms with Crippen molar-refractivity contribution >= 4 is 11.8 Å². The first kappa shape index (κ1) is 11.2. The molecule has 0 aromatic rings. The topological polar surface area (TPSA) is 37.4 Å². The second-order valence-electron chi connectivity index (χ2n) is 4.41. The Labute approximate surface area is 85.5 Å². The highest BCUT2D eigenvalue weighted by Gasteiger charge is 2.24. The molecule has 1 aliphatic heterocycles. The van der Waals surface area contributed by atoms with Gasteiger partial charge in [0.25, 0.3) is 0 Å². The van der Waals surface area contributed by atoms with Gasteiger partial charge < -0.3 is 0 Å². The van der Waals surface area contributed by atoms with Gasteiger partial charge in [0.15, 0.2) is 0 Å². The number of carbonyl (C=O) groups is 2. The van der Waals surface area contributed by atoms with Crippen molar-refractivity contribution in [3.8, 4) is 0 Å². The van der Waals surface area contributed by atoms with Gasteiger partial charge in [0.2, 0.25) is 11.8 Å². The molecule has 1 heterocycles. The van der Waals surface area contributed by atoms with Gasteiger partial charge in [-0.1, -0.05) is 13.8 Å². The lowest BCUT2D eigenvalue weighted by atomic mass is 9.95. The second kappa shape index (κ2) is 4.58. The van der Waals surface area contributed by atoms with Crippen molar-refractivity contribution in [2.24, 2.45) is 11.8 Å². The van der Waals surface area contributed by atoms with Gasteiger partial charge in [-0.15, -0.1) is 0 Å². The number of hydrogen-bond donors (Lipinski definition) is 0. The van der Waals surface area contributed by atoms with Crippen LogP contribution in [0.3, 0.4) is 0 Å². The quantitative estimate of drug-likeness (QED) is 0.555. The first-order chi connectivity index (χ1) is 6.52. The van der Waals surface area contributed by atoms with Gasteiger partial charge in [-0.2, -0.15) is 0 Å². The maximum absolute atomic E-state index is 11.7. The molecule has 0 bridgehead atoms. The van der Waals surface area contributed by atoms with Gasteiger partial charge in [-0.25, -0.2) is 0 Å². The minimum atomic E-state index is -0.0319. The Morgan fingerprint density at radius 1 is 1.14 bits per heavy atom. The van der Waals surface area contributed by atoms with Gasteiger partial charge in [-0.3, -0.25) is 14.5 Å². The largest absolute Gasteiger partial charge is 0.286 e. The maximum Gasteiger partial charge on any atom is 0.231 e. The van der Waals surface area contributed by atoms with E-state index in [-0.39, 0.29) is 17.7 Å². The number of nitrogens with zero attached hydrogens (tertiary/aromatic N) is 1. The van der Waals surface area contributed by atoms with Crippen molar-refractivity contribution in [1.29, 1.82) is 0 Å². The summed E-state index contributed by atoms with van der Waals surface area (Å²) in [4.78, 5) is 24.5. The summed E-state index contributed by atoms with van der Waals surface area (Å²) in [5, 5.41) is 0. The fourth-order valence-corrected chi connectivity index (χ4v) is 1.79. The third-order valence-electron chi connectivity index (χ3n) is 3.07. The Bertz CT molecular complexity index is 237. The Morgan fingerprint density at radius 2 is 1.79 bits per heavy atom. The van der Waals surface area contributed by atoms with E-state index in [1.54, 1.807) is 7.05 Å². The van der Waals surface area contributed by atoms with Crippen molar-refractivity contribution in [2.45, 2.75) is 39.5 Å². The molecule has 1 fully saturated rings. The average Bonchev–Trinajstić information content (AvgIpc) is 2.21. The smallest absolute Gasteiger partial charge is 0.231 e. The van der Waals surface area contributed by atoms with Gasteiger partial charge in [0, 0.05) is 19.4 Å². The summed E-state index contributed by atoms with van der Waals surface area (Å²) in [5.41, 5.74) is 0. The van der Waals surface area contributed by atoms with Crippen LogP contribution < -0.4 is 0 Å². The highest BCUT2D eigenvalue weighted by atomic mass is 16.2. The molecule has 0 aromatic carbocycles. The van der Waals surface area contributed by atoms with Crippen LogP contribution in [0, 0.1) is 11.8 Å². The molecular formula is C11H19NO2. The van der Waals surface area contributed by atoms with E-state index >= 15 is 0 Å². The maximum atomic E-state index is 11.7. The minimum absolute atomic E-state index is 0.00972. The summed E-state index contributed by atoms with van der Waals surface area (Å²) in [6.07, 6.45) is 3.37. The third kappa shape index (κ3) is 2.56. The second-order valence-corrected chi connectivity index (χ2v) is 4.41. The van der Waals surface area contributed by atoms with Crippen LogP contribution in [0.5, 0.6) is 0 Å². The summed E-state index contributed by atoms with van der Waals surface area (Å²) in [6.45, 7) is 4.06. The molecule has 2 unspecified atom stereocenters. The Hall–Kier alpha value is -0.860. The predicted octanol–water partition coefficient (Wildman–Crippen LogP) is 1.82. The Morgan fingerprint density at radius 3 is 2.43 bits per heavy atom.